The van der Waals surface area contributed by atoms with Crippen molar-refractivity contribution >= 4 is 20.3 Å². The van der Waals surface area contributed by atoms with Crippen molar-refractivity contribution in [3.63, 3.8) is 0 Å². The molecular weight excluding hydrogens is 397 g/mol. The summed E-state index contributed by atoms with van der Waals surface area (Å²) < 4.78 is 25.7. The number of rotatable bonds is 5. The Morgan fingerprint density at radius 2 is 1.08 bits per heavy atom. The van der Waals surface area contributed by atoms with Crippen molar-refractivity contribution < 1.29 is 29.6 Å². The summed E-state index contributed by atoms with van der Waals surface area (Å²) in [6, 6.07) is 20.1. The number of benzene rings is 3. The molecule has 0 aliphatic heterocycles. The Kier molecular flexibility index (Phi) is 4.86. The molecule has 0 amide bonds. The molecule has 25 heavy (non-hydrogen) atoms. The van der Waals surface area contributed by atoms with Gasteiger partial charge in [0.05, 0.1) is 0 Å². The van der Waals surface area contributed by atoms with Gasteiger partial charge in [0.1, 0.15) is 0 Å². The molecule has 0 saturated heterocycles. The Balaban J connectivity index is 2.02. The van der Waals surface area contributed by atoms with Gasteiger partial charge in [-0.15, -0.1) is 0 Å². The van der Waals surface area contributed by atoms with Crippen molar-refractivity contribution in [2.24, 2.45) is 0 Å². The summed E-state index contributed by atoms with van der Waals surface area (Å²) in [7, 11) is 0. The molecule has 7 heteroatoms. The second-order valence-electron chi connectivity index (χ2n) is 5.53. The molecule has 3 aromatic rings. The van der Waals surface area contributed by atoms with Gasteiger partial charge in [-0.2, -0.15) is 0 Å². The Morgan fingerprint density at radius 1 is 0.640 bits per heavy atom. The van der Waals surface area contributed by atoms with Crippen molar-refractivity contribution in [2.75, 3.05) is 17.2 Å². The van der Waals surface area contributed by atoms with E-state index in [0.717, 1.165) is 0 Å². The van der Waals surface area contributed by atoms with Gasteiger partial charge in [0.15, 0.2) is 0 Å². The average Bonchev–Trinajstić information content (AvgIpc) is 2.55. The summed E-state index contributed by atoms with van der Waals surface area (Å²) >= 11 is -5.03. The molecule has 3 rings (SSSR count). The molecule has 0 aliphatic rings. The summed E-state index contributed by atoms with van der Waals surface area (Å²) in [4.78, 5) is 0. The monoisotopic (exact) mass is 414 g/mol. The minimum absolute atomic E-state index is 0.372. The first-order valence-corrected chi connectivity index (χ1v) is 11.8. The Labute approximate surface area is 151 Å². The van der Waals surface area contributed by atoms with E-state index in [1.807, 2.05) is 0 Å². The van der Waals surface area contributed by atoms with Crippen molar-refractivity contribution in [3.8, 4) is 11.5 Å². The Hall–Kier alpha value is -2.66. The third kappa shape index (κ3) is 4.25. The fourth-order valence-corrected chi connectivity index (χ4v) is 6.75. The third-order valence-corrected chi connectivity index (χ3v) is 8.44. The van der Waals surface area contributed by atoms with E-state index in [1.165, 1.54) is 0 Å². The second kappa shape index (κ2) is 7.07. The molecule has 0 bridgehead atoms. The predicted molar refractivity (Wildman–Crippen MR) is 94.1 cm³/mol. The normalized spacial score (nSPS) is 11.0. The number of hydrogen-bond acceptors (Lipinski definition) is 6. The van der Waals surface area contributed by atoms with Crippen LogP contribution in [0.5, 0.6) is 11.5 Å². The quantitative estimate of drug-likeness (QED) is 0.552. The first-order chi connectivity index (χ1) is 11.9. The van der Waals surface area contributed by atoms with E-state index in [1.54, 1.807) is 72.8 Å². The topological polar surface area (TPSA) is 114 Å². The van der Waals surface area contributed by atoms with Gasteiger partial charge >= 0.3 is 151 Å². The molecule has 3 aromatic carbocycles. The molecule has 0 unspecified atom stereocenters. The van der Waals surface area contributed by atoms with Crippen LogP contribution in [0.4, 0.5) is 17.1 Å². The van der Waals surface area contributed by atoms with Crippen LogP contribution < -0.4 is 26.1 Å². The summed E-state index contributed by atoms with van der Waals surface area (Å²) in [6.45, 7) is 0. The van der Waals surface area contributed by atoms with Gasteiger partial charge in [-0.05, 0) is 0 Å². The molecule has 127 valence electrons. The van der Waals surface area contributed by atoms with Crippen LogP contribution in [0.3, 0.4) is 0 Å². The standard InChI is InChI=1S/2C6H7NO.C6H6N.O.Zr/c2*7-5-2-1-3-6(8)4-5;7-6-4-2-1-3-5-6;;/h2*1-4,8H,7H2;1-2,4-5H,7H2;;/q;;;;+2/p-2. The number of anilines is 3. The SMILES string of the molecule is Nc1cccc([O][Zr](=[O])([O]c2cccc(N)c2)[c]2cccc(N)c2)c1. The van der Waals surface area contributed by atoms with Crippen molar-refractivity contribution in [1.82, 2.24) is 0 Å². The molecule has 0 fully saturated rings. The first-order valence-electron chi connectivity index (χ1n) is 7.60. The molecule has 0 saturated carbocycles. The average molecular weight is 416 g/mol. The van der Waals surface area contributed by atoms with Crippen molar-refractivity contribution in [1.29, 1.82) is 0 Å². The van der Waals surface area contributed by atoms with Gasteiger partial charge in [0.25, 0.3) is 0 Å². The molecule has 6 nitrogen and oxygen atoms in total. The zero-order valence-corrected chi connectivity index (χ0v) is 15.8. The molecule has 0 radical (unpaired) electrons. The summed E-state index contributed by atoms with van der Waals surface area (Å²) in [5.74, 6) is 0.745. The number of nitrogen functional groups attached to an aromatic ring is 3. The third-order valence-electron chi connectivity index (χ3n) is 3.46. The van der Waals surface area contributed by atoms with Crippen LogP contribution in [0.2, 0.25) is 0 Å². The van der Waals surface area contributed by atoms with Gasteiger partial charge in [-0.3, -0.25) is 0 Å². The van der Waals surface area contributed by atoms with E-state index in [-0.39, 0.29) is 0 Å². The van der Waals surface area contributed by atoms with Crippen LogP contribution in [0.1, 0.15) is 0 Å². The van der Waals surface area contributed by atoms with E-state index in [2.05, 4.69) is 0 Å². The van der Waals surface area contributed by atoms with E-state index in [4.69, 9.17) is 22.8 Å². The Morgan fingerprint density at radius 3 is 1.52 bits per heavy atom. The molecule has 6 N–H and O–H groups in total. The van der Waals surface area contributed by atoms with Crippen LogP contribution in [-0.4, -0.2) is 0 Å². The van der Waals surface area contributed by atoms with Gasteiger partial charge in [-0.1, -0.05) is 0 Å². The zero-order chi connectivity index (χ0) is 17.9. The second-order valence-corrected chi connectivity index (χ2v) is 10.7. The Bertz CT molecular complexity index is 895. The minimum atomic E-state index is -5.03. The van der Waals surface area contributed by atoms with Crippen LogP contribution >= 0.6 is 0 Å². The van der Waals surface area contributed by atoms with Crippen molar-refractivity contribution in [3.05, 3.63) is 72.8 Å². The fourth-order valence-electron chi connectivity index (χ4n) is 2.33. The first kappa shape index (κ1) is 17.2. The molecule has 0 aromatic heterocycles. The van der Waals surface area contributed by atoms with E-state index >= 15 is 0 Å². The van der Waals surface area contributed by atoms with Crippen LogP contribution in [0.25, 0.3) is 0 Å². The molecule has 0 atom stereocenters. The maximum atomic E-state index is 13.6. The number of hydrogen-bond donors (Lipinski definition) is 3. The summed E-state index contributed by atoms with van der Waals surface area (Å²) in [6.07, 6.45) is 0. The molecular formula is C18H18N3O3Zr. The van der Waals surface area contributed by atoms with E-state index in [9.17, 15) is 2.81 Å². The van der Waals surface area contributed by atoms with Crippen LogP contribution in [-0.2, 0) is 24.0 Å². The number of nitrogens with two attached hydrogens (primary N) is 3. The molecule has 0 spiro atoms. The predicted octanol–water partition coefficient (Wildman–Crippen LogP) is 2.55. The van der Waals surface area contributed by atoms with Gasteiger partial charge in [-0.25, -0.2) is 0 Å². The zero-order valence-electron chi connectivity index (χ0n) is 13.4. The van der Waals surface area contributed by atoms with Gasteiger partial charge in [0, 0.05) is 0 Å². The van der Waals surface area contributed by atoms with Crippen LogP contribution in [0, 0.1) is 0 Å². The molecule has 0 aliphatic carbocycles. The van der Waals surface area contributed by atoms with Gasteiger partial charge in [0.2, 0.25) is 0 Å². The van der Waals surface area contributed by atoms with E-state index < -0.39 is 21.2 Å². The van der Waals surface area contributed by atoms with Crippen LogP contribution in [0.15, 0.2) is 72.8 Å². The van der Waals surface area contributed by atoms with E-state index in [0.29, 0.717) is 31.8 Å². The van der Waals surface area contributed by atoms with Gasteiger partial charge < -0.3 is 0 Å². The maximum absolute atomic E-state index is 13.6. The summed E-state index contributed by atoms with van der Waals surface area (Å²) in [5, 5.41) is 0. The summed E-state index contributed by atoms with van der Waals surface area (Å²) in [5.41, 5.74) is 18.9. The fraction of sp³-hybridized carbons (Fsp3) is 0. The molecule has 0 heterocycles. The van der Waals surface area contributed by atoms with Crippen molar-refractivity contribution in [2.45, 2.75) is 0 Å².